The maximum absolute atomic E-state index is 12.5. The van der Waals surface area contributed by atoms with E-state index in [9.17, 15) is 19.8 Å². The zero-order valence-electron chi connectivity index (χ0n) is 47.1. The second kappa shape index (κ2) is 59.4. The highest BCUT2D eigenvalue weighted by molar-refractivity contribution is 5.76. The molecular weight excluding hydrogens is 851 g/mol. The van der Waals surface area contributed by atoms with Gasteiger partial charge in [0.15, 0.2) is 0 Å². The number of amides is 1. The molecule has 0 rings (SSSR count). The van der Waals surface area contributed by atoms with Gasteiger partial charge in [0.25, 0.3) is 0 Å². The Morgan fingerprint density at radius 2 is 0.594 bits per heavy atom. The van der Waals surface area contributed by atoms with E-state index >= 15 is 0 Å². The summed E-state index contributed by atoms with van der Waals surface area (Å²) in [5, 5.41) is 23.4. The monoisotopic (exact) mass is 976 g/mol. The van der Waals surface area contributed by atoms with E-state index in [2.05, 4.69) is 19.2 Å². The first-order valence-corrected chi connectivity index (χ1v) is 31.8. The molecule has 6 nitrogen and oxygen atoms in total. The molecule has 0 aliphatic carbocycles. The number of aliphatic hydroxyl groups excluding tert-OH is 2. The minimum atomic E-state index is -0.670. The molecule has 1 amide bonds. The van der Waals surface area contributed by atoms with Crippen molar-refractivity contribution >= 4 is 11.9 Å². The van der Waals surface area contributed by atoms with Crippen LogP contribution in [0.15, 0.2) is 0 Å². The summed E-state index contributed by atoms with van der Waals surface area (Å²) >= 11 is 0. The Labute approximate surface area is 432 Å². The maximum Gasteiger partial charge on any atom is 0.305 e. The van der Waals surface area contributed by atoms with Crippen LogP contribution in [0.25, 0.3) is 0 Å². The fraction of sp³-hybridized carbons (Fsp3) is 0.968. The average Bonchev–Trinajstić information content (AvgIpc) is 3.35. The number of nitrogens with one attached hydrogen (secondary N) is 1. The van der Waals surface area contributed by atoms with Crippen LogP contribution in [0.1, 0.15) is 367 Å². The van der Waals surface area contributed by atoms with E-state index in [4.69, 9.17) is 4.74 Å². The predicted octanol–water partition coefficient (Wildman–Crippen LogP) is 19.9. The number of hydrogen-bond donors (Lipinski definition) is 3. The number of aliphatic hydroxyl groups is 2. The Morgan fingerprint density at radius 3 is 0.884 bits per heavy atom. The van der Waals surface area contributed by atoms with E-state index in [1.165, 1.54) is 289 Å². The van der Waals surface area contributed by atoms with Crippen molar-refractivity contribution in [3.8, 4) is 0 Å². The summed E-state index contributed by atoms with van der Waals surface area (Å²) in [4.78, 5) is 24.6. The number of rotatable bonds is 60. The smallest absolute Gasteiger partial charge is 0.305 e. The van der Waals surface area contributed by atoms with E-state index in [-0.39, 0.29) is 18.5 Å². The van der Waals surface area contributed by atoms with E-state index in [1.54, 1.807) is 0 Å². The van der Waals surface area contributed by atoms with Gasteiger partial charge in [-0.2, -0.15) is 0 Å². The lowest BCUT2D eigenvalue weighted by Gasteiger charge is -2.22. The van der Waals surface area contributed by atoms with Crippen LogP contribution in [0.4, 0.5) is 0 Å². The first-order chi connectivity index (χ1) is 34.0. The van der Waals surface area contributed by atoms with Crippen molar-refractivity contribution in [2.45, 2.75) is 379 Å². The molecule has 412 valence electrons. The van der Waals surface area contributed by atoms with Crippen LogP contribution >= 0.6 is 0 Å². The quantitative estimate of drug-likeness (QED) is 0.0417. The predicted molar refractivity (Wildman–Crippen MR) is 301 cm³/mol. The third kappa shape index (κ3) is 56.0. The van der Waals surface area contributed by atoms with Crippen LogP contribution in [0.2, 0.25) is 0 Å². The van der Waals surface area contributed by atoms with Crippen molar-refractivity contribution in [1.29, 1.82) is 0 Å². The Hall–Kier alpha value is -1.14. The van der Waals surface area contributed by atoms with E-state index in [0.29, 0.717) is 25.9 Å². The van der Waals surface area contributed by atoms with Crippen molar-refractivity contribution < 1.29 is 24.5 Å². The minimum Gasteiger partial charge on any atom is -0.466 e. The van der Waals surface area contributed by atoms with Gasteiger partial charge < -0.3 is 20.3 Å². The molecule has 0 saturated carbocycles. The molecule has 0 radical (unpaired) electrons. The minimum absolute atomic E-state index is 0.00518. The second-order valence-corrected chi connectivity index (χ2v) is 22.1. The first-order valence-electron chi connectivity index (χ1n) is 31.8. The molecule has 6 heteroatoms. The Bertz CT molecular complexity index is 990. The molecule has 2 atom stereocenters. The van der Waals surface area contributed by atoms with Gasteiger partial charge in [-0.25, -0.2) is 0 Å². The molecule has 0 aromatic heterocycles. The maximum atomic E-state index is 12.5. The average molecular weight is 977 g/mol. The Kier molecular flexibility index (Phi) is 58.4. The summed E-state index contributed by atoms with van der Waals surface area (Å²) in [6, 6.07) is -0.548. The van der Waals surface area contributed by atoms with Crippen LogP contribution in [0, 0.1) is 0 Å². The first kappa shape index (κ1) is 67.9. The number of carbonyl (C=O) groups excluding carboxylic acids is 2. The van der Waals surface area contributed by atoms with Gasteiger partial charge in [-0.3, -0.25) is 9.59 Å². The van der Waals surface area contributed by atoms with Gasteiger partial charge in [-0.15, -0.1) is 0 Å². The number of unbranched alkanes of at least 4 members (excludes halogenated alkanes) is 49. The van der Waals surface area contributed by atoms with Crippen LogP contribution in [-0.2, 0) is 14.3 Å². The molecule has 0 fully saturated rings. The van der Waals surface area contributed by atoms with Crippen molar-refractivity contribution in [3.05, 3.63) is 0 Å². The van der Waals surface area contributed by atoms with E-state index < -0.39 is 12.1 Å². The molecule has 3 N–H and O–H groups in total. The summed E-state index contributed by atoms with van der Waals surface area (Å²) in [6.07, 6.45) is 69.6. The molecule has 0 saturated heterocycles. The topological polar surface area (TPSA) is 95.9 Å². The summed E-state index contributed by atoms with van der Waals surface area (Å²) < 4.78 is 5.49. The van der Waals surface area contributed by atoms with Crippen LogP contribution < -0.4 is 5.32 Å². The largest absolute Gasteiger partial charge is 0.466 e. The van der Waals surface area contributed by atoms with E-state index in [0.717, 1.165) is 44.9 Å². The molecule has 0 aromatic carbocycles. The molecule has 0 heterocycles. The van der Waals surface area contributed by atoms with Gasteiger partial charge in [0.05, 0.1) is 25.4 Å². The van der Waals surface area contributed by atoms with E-state index in [1.807, 2.05) is 0 Å². The van der Waals surface area contributed by atoms with Crippen molar-refractivity contribution in [1.82, 2.24) is 5.32 Å². The summed E-state index contributed by atoms with van der Waals surface area (Å²) in [5.74, 6) is -0.0332. The van der Waals surface area contributed by atoms with Crippen molar-refractivity contribution in [2.75, 3.05) is 13.2 Å². The highest BCUT2D eigenvalue weighted by atomic mass is 16.5. The molecule has 0 aliphatic heterocycles. The highest BCUT2D eigenvalue weighted by Gasteiger charge is 2.20. The van der Waals surface area contributed by atoms with Crippen molar-refractivity contribution in [2.24, 2.45) is 0 Å². The summed E-state index contributed by atoms with van der Waals surface area (Å²) in [6.45, 7) is 4.98. The van der Waals surface area contributed by atoms with Crippen LogP contribution in [0.5, 0.6) is 0 Å². The molecule has 0 aliphatic rings. The van der Waals surface area contributed by atoms with Gasteiger partial charge >= 0.3 is 5.97 Å². The fourth-order valence-corrected chi connectivity index (χ4v) is 10.3. The Morgan fingerprint density at radius 1 is 0.348 bits per heavy atom. The lowest BCUT2D eigenvalue weighted by Crippen LogP contribution is -2.45. The number of hydrogen-bond acceptors (Lipinski definition) is 5. The third-order valence-corrected chi connectivity index (χ3v) is 15.2. The number of ether oxygens (including phenoxy) is 1. The molecule has 0 aromatic rings. The molecule has 2 unspecified atom stereocenters. The zero-order chi connectivity index (χ0) is 50.0. The van der Waals surface area contributed by atoms with Gasteiger partial charge in [0, 0.05) is 12.8 Å². The standard InChI is InChI=1S/C63H125NO5/c1-3-5-7-9-11-13-15-17-19-20-21-22-23-24-25-28-31-35-39-43-47-51-55-61(66)60(59-65)64-62(67)56-52-48-44-40-36-32-29-26-30-34-38-42-46-50-54-58-69-63(68)57-53-49-45-41-37-33-27-18-16-14-12-10-8-6-4-2/h60-61,65-66H,3-59H2,1-2H3,(H,64,67). The lowest BCUT2D eigenvalue weighted by molar-refractivity contribution is -0.143. The molecule has 69 heavy (non-hydrogen) atoms. The molecular formula is C63H125NO5. The highest BCUT2D eigenvalue weighted by Crippen LogP contribution is 2.19. The summed E-state index contributed by atoms with van der Waals surface area (Å²) in [7, 11) is 0. The van der Waals surface area contributed by atoms with Gasteiger partial charge in [0.2, 0.25) is 5.91 Å². The Balaban J connectivity index is 3.41. The fourth-order valence-electron chi connectivity index (χ4n) is 10.3. The lowest BCUT2D eigenvalue weighted by atomic mass is 10.0. The van der Waals surface area contributed by atoms with Gasteiger partial charge in [-0.1, -0.05) is 328 Å². The van der Waals surface area contributed by atoms with Crippen LogP contribution in [-0.4, -0.2) is 47.4 Å². The van der Waals surface area contributed by atoms with Gasteiger partial charge in [-0.05, 0) is 25.7 Å². The second-order valence-electron chi connectivity index (χ2n) is 22.1. The van der Waals surface area contributed by atoms with Crippen LogP contribution in [0.3, 0.4) is 0 Å². The molecule has 0 spiro atoms. The zero-order valence-corrected chi connectivity index (χ0v) is 47.1. The summed E-state index contributed by atoms with van der Waals surface area (Å²) in [5.41, 5.74) is 0. The van der Waals surface area contributed by atoms with Crippen molar-refractivity contribution in [3.63, 3.8) is 0 Å². The third-order valence-electron chi connectivity index (χ3n) is 15.2. The normalized spacial score (nSPS) is 12.5. The number of carbonyl (C=O) groups is 2. The SMILES string of the molecule is CCCCCCCCCCCCCCCCCCCCCCCCC(O)C(CO)NC(=O)CCCCCCCCCCCCCCCCCOC(=O)CCCCCCCCCCCCCCCCC. The molecule has 0 bridgehead atoms. The number of esters is 1. The van der Waals surface area contributed by atoms with Gasteiger partial charge in [0.1, 0.15) is 0 Å².